The van der Waals surface area contributed by atoms with Gasteiger partial charge >= 0.3 is 0 Å². The summed E-state index contributed by atoms with van der Waals surface area (Å²) >= 11 is 11.2. The number of hydrogen-bond donors (Lipinski definition) is 1. The van der Waals surface area contributed by atoms with E-state index >= 15 is 0 Å². The van der Waals surface area contributed by atoms with E-state index in [0.29, 0.717) is 15.7 Å². The third-order valence-electron chi connectivity index (χ3n) is 3.22. The van der Waals surface area contributed by atoms with Gasteiger partial charge in [0.05, 0.1) is 21.5 Å². The Morgan fingerprint density at radius 3 is 2.80 bits per heavy atom. The summed E-state index contributed by atoms with van der Waals surface area (Å²) in [5.74, 6) is -0.129. The first-order valence-electron chi connectivity index (χ1n) is 6.10. The van der Waals surface area contributed by atoms with Gasteiger partial charge in [0.1, 0.15) is 0 Å². The molecule has 1 aliphatic rings. The molecule has 0 bridgehead atoms. The van der Waals surface area contributed by atoms with E-state index < -0.39 is 4.92 Å². The Morgan fingerprint density at radius 1 is 1.55 bits per heavy atom. The second-order valence-corrected chi connectivity index (χ2v) is 5.47. The van der Waals surface area contributed by atoms with Gasteiger partial charge in [-0.05, 0) is 30.7 Å². The average molecular weight is 312 g/mol. The maximum absolute atomic E-state index is 10.7. The Balaban J connectivity index is 2.12. The van der Waals surface area contributed by atoms with Crippen LogP contribution < -0.4 is 5.32 Å². The molecule has 1 atom stereocenters. The Morgan fingerprint density at radius 2 is 2.20 bits per heavy atom. The smallest absolute Gasteiger partial charge is 0.254 e. The van der Waals surface area contributed by atoms with Crippen molar-refractivity contribution in [2.75, 3.05) is 18.9 Å². The molecular weight excluding hydrogens is 298 g/mol. The summed E-state index contributed by atoms with van der Waals surface area (Å²) in [5.41, 5.74) is 1.47. The van der Waals surface area contributed by atoms with Crippen molar-refractivity contribution in [3.8, 4) is 0 Å². The van der Waals surface area contributed by atoms with Crippen LogP contribution in [0.1, 0.15) is 6.42 Å². The molecule has 1 aliphatic heterocycles. The molecule has 0 radical (unpaired) electrons. The summed E-state index contributed by atoms with van der Waals surface area (Å²) < 4.78 is 0. The number of benzene rings is 1. The molecular formula is C13H14ClN3O2S. The minimum absolute atomic E-state index is 0.129. The summed E-state index contributed by atoms with van der Waals surface area (Å²) in [5, 5.41) is 14.5. The number of rotatable bonds is 3. The SMILES string of the molecule is CN1CCC(C(=S)Nc2ccc(Cl)cc2)C1=C[N+](=O)[O-]. The van der Waals surface area contributed by atoms with Crippen LogP contribution in [-0.2, 0) is 0 Å². The molecule has 1 heterocycles. The molecule has 1 N–H and O–H groups in total. The largest absolute Gasteiger partial charge is 0.372 e. The second-order valence-electron chi connectivity index (χ2n) is 4.60. The highest BCUT2D eigenvalue weighted by Gasteiger charge is 2.31. The van der Waals surface area contributed by atoms with E-state index in [1.807, 2.05) is 24.1 Å². The molecule has 0 amide bonds. The fourth-order valence-electron chi connectivity index (χ4n) is 2.19. The molecule has 1 saturated heterocycles. The van der Waals surface area contributed by atoms with Crippen molar-refractivity contribution in [2.24, 2.45) is 5.92 Å². The Kier molecular flexibility index (Phi) is 4.57. The third kappa shape index (κ3) is 3.46. The zero-order valence-corrected chi connectivity index (χ0v) is 12.4. The van der Waals surface area contributed by atoms with E-state index in [1.165, 1.54) is 0 Å². The van der Waals surface area contributed by atoms with Crippen molar-refractivity contribution in [1.82, 2.24) is 4.90 Å². The summed E-state index contributed by atoms with van der Waals surface area (Å²) in [7, 11) is 1.83. The van der Waals surface area contributed by atoms with Gasteiger partial charge in [-0.1, -0.05) is 23.8 Å². The first kappa shape index (κ1) is 14.7. The minimum Gasteiger partial charge on any atom is -0.372 e. The Bertz CT molecular complexity index is 559. The maximum Gasteiger partial charge on any atom is 0.254 e. The van der Waals surface area contributed by atoms with Crippen LogP contribution in [0.4, 0.5) is 5.69 Å². The highest BCUT2D eigenvalue weighted by molar-refractivity contribution is 7.80. The van der Waals surface area contributed by atoms with Crippen LogP contribution in [0.2, 0.25) is 5.02 Å². The van der Waals surface area contributed by atoms with Crippen molar-refractivity contribution in [3.05, 3.63) is 51.3 Å². The van der Waals surface area contributed by atoms with Gasteiger partial charge in [-0.2, -0.15) is 0 Å². The number of nitro groups is 1. The number of likely N-dealkylation sites (tertiary alicyclic amines) is 1. The molecule has 0 spiro atoms. The van der Waals surface area contributed by atoms with Crippen molar-refractivity contribution >= 4 is 34.5 Å². The summed E-state index contributed by atoms with van der Waals surface area (Å²) in [6, 6.07) is 7.18. The van der Waals surface area contributed by atoms with Gasteiger partial charge in [-0.25, -0.2) is 0 Å². The average Bonchev–Trinajstić information content (AvgIpc) is 2.73. The van der Waals surface area contributed by atoms with E-state index in [2.05, 4.69) is 5.32 Å². The van der Waals surface area contributed by atoms with Crippen LogP contribution >= 0.6 is 23.8 Å². The summed E-state index contributed by atoms with van der Waals surface area (Å²) in [6.45, 7) is 0.757. The van der Waals surface area contributed by atoms with Gasteiger partial charge in [-0.15, -0.1) is 0 Å². The second kappa shape index (κ2) is 6.19. The van der Waals surface area contributed by atoms with Crippen LogP contribution in [0.5, 0.6) is 0 Å². The van der Waals surface area contributed by atoms with Gasteiger partial charge in [0.25, 0.3) is 6.20 Å². The van der Waals surface area contributed by atoms with Crippen LogP contribution in [0.25, 0.3) is 0 Å². The van der Waals surface area contributed by atoms with Gasteiger partial charge in [0.15, 0.2) is 0 Å². The van der Waals surface area contributed by atoms with Crippen molar-refractivity contribution in [3.63, 3.8) is 0 Å². The molecule has 106 valence electrons. The molecule has 1 unspecified atom stereocenters. The van der Waals surface area contributed by atoms with Crippen molar-refractivity contribution in [1.29, 1.82) is 0 Å². The molecule has 2 rings (SSSR count). The maximum atomic E-state index is 10.7. The van der Waals surface area contributed by atoms with Crippen LogP contribution in [0, 0.1) is 16.0 Å². The van der Waals surface area contributed by atoms with E-state index in [4.69, 9.17) is 23.8 Å². The topological polar surface area (TPSA) is 58.4 Å². The number of hydrogen-bond acceptors (Lipinski definition) is 4. The van der Waals surface area contributed by atoms with Crippen molar-refractivity contribution < 1.29 is 4.92 Å². The fourth-order valence-corrected chi connectivity index (χ4v) is 2.67. The van der Waals surface area contributed by atoms with Gasteiger partial charge in [0.2, 0.25) is 0 Å². The third-order valence-corrected chi connectivity index (χ3v) is 3.86. The molecule has 20 heavy (non-hydrogen) atoms. The van der Waals surface area contributed by atoms with E-state index in [1.54, 1.807) is 12.1 Å². The monoisotopic (exact) mass is 311 g/mol. The highest BCUT2D eigenvalue weighted by atomic mass is 35.5. The Labute approximate surface area is 127 Å². The molecule has 7 heteroatoms. The molecule has 1 aromatic carbocycles. The first-order valence-corrected chi connectivity index (χ1v) is 6.89. The lowest BCUT2D eigenvalue weighted by Crippen LogP contribution is -2.23. The summed E-state index contributed by atoms with van der Waals surface area (Å²) in [6.07, 6.45) is 1.81. The fraction of sp³-hybridized carbons (Fsp3) is 0.308. The van der Waals surface area contributed by atoms with Crippen molar-refractivity contribution in [2.45, 2.75) is 6.42 Å². The quantitative estimate of drug-likeness (QED) is 0.528. The van der Waals surface area contributed by atoms with Crippen LogP contribution in [0.15, 0.2) is 36.2 Å². The molecule has 5 nitrogen and oxygen atoms in total. The lowest BCUT2D eigenvalue weighted by Gasteiger charge is -2.17. The first-order chi connectivity index (χ1) is 9.47. The van der Waals surface area contributed by atoms with Crippen LogP contribution in [-0.4, -0.2) is 28.4 Å². The molecule has 1 fully saturated rings. The van der Waals surface area contributed by atoms with E-state index in [9.17, 15) is 10.1 Å². The Hall–Kier alpha value is -1.66. The predicted octanol–water partition coefficient (Wildman–Crippen LogP) is 3.15. The molecule has 0 aromatic heterocycles. The normalized spacial score (nSPS) is 20.2. The van der Waals surface area contributed by atoms with Gasteiger partial charge in [0, 0.05) is 24.3 Å². The lowest BCUT2D eigenvalue weighted by molar-refractivity contribution is -0.404. The zero-order valence-electron chi connectivity index (χ0n) is 10.9. The number of thiocarbonyl (C=S) groups is 1. The van der Waals surface area contributed by atoms with Gasteiger partial charge < -0.3 is 10.2 Å². The highest BCUT2D eigenvalue weighted by Crippen LogP contribution is 2.28. The number of halogens is 1. The van der Waals surface area contributed by atoms with Gasteiger partial charge in [-0.3, -0.25) is 10.1 Å². The molecule has 1 aromatic rings. The minimum atomic E-state index is -0.435. The lowest BCUT2D eigenvalue weighted by atomic mass is 10.1. The predicted molar refractivity (Wildman–Crippen MR) is 83.5 cm³/mol. The van der Waals surface area contributed by atoms with Crippen LogP contribution in [0.3, 0.4) is 0 Å². The number of nitrogens with zero attached hydrogens (tertiary/aromatic N) is 2. The molecule has 0 aliphatic carbocycles. The summed E-state index contributed by atoms with van der Waals surface area (Å²) in [4.78, 5) is 12.7. The zero-order chi connectivity index (χ0) is 14.7. The standard InChI is InChI=1S/C13H14ClN3O2S/c1-16-7-6-11(12(16)8-17(18)19)13(20)15-10-4-2-9(14)3-5-10/h2-5,8,11H,6-7H2,1H3,(H,15,20). The van der Waals surface area contributed by atoms with E-state index in [-0.39, 0.29) is 5.92 Å². The number of nitrogens with one attached hydrogen (secondary N) is 1. The number of anilines is 1. The molecule has 0 saturated carbocycles. The van der Waals surface area contributed by atoms with E-state index in [0.717, 1.165) is 24.9 Å².